The first kappa shape index (κ1) is 17.5. The van der Waals surface area contributed by atoms with Gasteiger partial charge in [-0.05, 0) is 52.2 Å². The van der Waals surface area contributed by atoms with Gasteiger partial charge in [-0.25, -0.2) is 9.97 Å². The number of aryl methyl sites for hydroxylation is 6. The molecule has 25 heavy (non-hydrogen) atoms. The topological polar surface area (TPSA) is 72.7 Å². The summed E-state index contributed by atoms with van der Waals surface area (Å²) in [5, 5.41) is 9.12. The molecule has 0 aliphatic rings. The first-order chi connectivity index (χ1) is 11.8. The zero-order valence-electron chi connectivity index (χ0n) is 15.5. The average molecular weight is 357 g/mol. The maximum absolute atomic E-state index is 12.3. The Balaban J connectivity index is 1.78. The summed E-state index contributed by atoms with van der Waals surface area (Å²) >= 11 is 1.51. The number of rotatable bonds is 4. The second-order valence-corrected chi connectivity index (χ2v) is 7.62. The fourth-order valence-corrected chi connectivity index (χ4v) is 4.01. The third-order valence-electron chi connectivity index (χ3n) is 4.61. The molecule has 0 radical (unpaired) electrons. The molecule has 7 heteroatoms. The van der Waals surface area contributed by atoms with E-state index in [2.05, 4.69) is 22.3 Å². The monoisotopic (exact) mass is 357 g/mol. The van der Waals surface area contributed by atoms with E-state index in [-0.39, 0.29) is 5.91 Å². The van der Waals surface area contributed by atoms with Crippen molar-refractivity contribution in [2.24, 2.45) is 7.05 Å². The number of thiazole rings is 1. The Morgan fingerprint density at radius 2 is 1.80 bits per heavy atom. The van der Waals surface area contributed by atoms with E-state index < -0.39 is 0 Å². The van der Waals surface area contributed by atoms with Crippen molar-refractivity contribution in [1.82, 2.24) is 19.7 Å². The van der Waals surface area contributed by atoms with Crippen LogP contribution in [-0.4, -0.2) is 25.7 Å². The Hall–Kier alpha value is -2.28. The molecule has 0 saturated carbocycles. The van der Waals surface area contributed by atoms with Gasteiger partial charge in [-0.1, -0.05) is 0 Å². The van der Waals surface area contributed by atoms with Crippen molar-refractivity contribution in [3.05, 3.63) is 33.1 Å². The van der Waals surface area contributed by atoms with Crippen LogP contribution in [-0.2, 0) is 18.3 Å². The molecule has 132 valence electrons. The molecule has 1 N–H and O–H groups in total. The van der Waals surface area contributed by atoms with Crippen LogP contribution in [0.2, 0.25) is 0 Å². The van der Waals surface area contributed by atoms with Gasteiger partial charge in [0.1, 0.15) is 0 Å². The summed E-state index contributed by atoms with van der Waals surface area (Å²) in [5.74, 6) is -0.0180. The lowest BCUT2D eigenvalue weighted by atomic mass is 9.99. The van der Waals surface area contributed by atoms with Crippen LogP contribution in [0.15, 0.2) is 0 Å². The van der Waals surface area contributed by atoms with E-state index in [1.165, 1.54) is 16.9 Å². The molecule has 3 rings (SSSR count). The summed E-state index contributed by atoms with van der Waals surface area (Å²) < 4.78 is 1.81. The van der Waals surface area contributed by atoms with Crippen molar-refractivity contribution >= 4 is 33.4 Å². The zero-order chi connectivity index (χ0) is 18.3. The van der Waals surface area contributed by atoms with Gasteiger partial charge in [0.25, 0.3) is 0 Å². The largest absolute Gasteiger partial charge is 0.302 e. The quantitative estimate of drug-likeness (QED) is 0.775. The van der Waals surface area contributed by atoms with Crippen molar-refractivity contribution in [3.63, 3.8) is 0 Å². The van der Waals surface area contributed by atoms with E-state index in [1.807, 2.05) is 39.4 Å². The number of nitrogens with zero attached hydrogens (tertiary/aromatic N) is 4. The van der Waals surface area contributed by atoms with Crippen molar-refractivity contribution < 1.29 is 4.79 Å². The van der Waals surface area contributed by atoms with Gasteiger partial charge in [0, 0.05) is 29.4 Å². The number of hydrogen-bond acceptors (Lipinski definition) is 5. The van der Waals surface area contributed by atoms with Gasteiger partial charge in [-0.3, -0.25) is 9.48 Å². The molecule has 0 atom stereocenters. The summed E-state index contributed by atoms with van der Waals surface area (Å²) in [6.07, 6.45) is 1.07. The second-order valence-electron chi connectivity index (χ2n) is 6.42. The number of aromatic nitrogens is 4. The summed E-state index contributed by atoms with van der Waals surface area (Å²) in [6.45, 7) is 10.0. The van der Waals surface area contributed by atoms with Crippen LogP contribution >= 0.6 is 11.3 Å². The van der Waals surface area contributed by atoms with Gasteiger partial charge in [0.15, 0.2) is 10.8 Å². The Kier molecular flexibility index (Phi) is 4.60. The lowest BCUT2D eigenvalue weighted by Gasteiger charge is -2.11. The molecular formula is C18H23N5OS. The molecule has 0 unspecified atom stereocenters. The van der Waals surface area contributed by atoms with E-state index in [1.54, 1.807) is 0 Å². The first-order valence-corrected chi connectivity index (χ1v) is 9.12. The number of carbonyl (C=O) groups excluding carboxylic acids is 1. The molecule has 0 spiro atoms. The van der Waals surface area contributed by atoms with Crippen LogP contribution in [0.1, 0.15) is 39.5 Å². The normalized spacial score (nSPS) is 11.3. The molecule has 0 bridgehead atoms. The molecule has 6 nitrogen and oxygen atoms in total. The molecule has 3 aromatic rings. The fourth-order valence-electron chi connectivity index (χ4n) is 3.18. The van der Waals surface area contributed by atoms with Crippen molar-refractivity contribution in [3.8, 4) is 0 Å². The minimum atomic E-state index is -0.0180. The summed E-state index contributed by atoms with van der Waals surface area (Å²) in [7, 11) is 1.91. The smallest absolute Gasteiger partial charge is 0.226 e. The Morgan fingerprint density at radius 1 is 1.08 bits per heavy atom. The Labute approximate surface area is 151 Å². The maximum Gasteiger partial charge on any atom is 0.226 e. The van der Waals surface area contributed by atoms with E-state index in [4.69, 9.17) is 4.98 Å². The van der Waals surface area contributed by atoms with Crippen LogP contribution in [0.4, 0.5) is 5.13 Å². The summed E-state index contributed by atoms with van der Waals surface area (Å²) in [5.41, 5.74) is 6.10. The number of pyridine rings is 1. The van der Waals surface area contributed by atoms with Crippen LogP contribution in [0.5, 0.6) is 0 Å². The molecule has 0 fully saturated rings. The van der Waals surface area contributed by atoms with Crippen LogP contribution < -0.4 is 5.32 Å². The molecule has 3 heterocycles. The lowest BCUT2D eigenvalue weighted by molar-refractivity contribution is -0.116. The third-order valence-corrected chi connectivity index (χ3v) is 5.60. The minimum Gasteiger partial charge on any atom is -0.302 e. The highest BCUT2D eigenvalue weighted by atomic mass is 32.1. The molecule has 0 saturated heterocycles. The molecule has 0 aliphatic carbocycles. The molecule has 0 aromatic carbocycles. The highest BCUT2D eigenvalue weighted by Crippen LogP contribution is 2.26. The van der Waals surface area contributed by atoms with Crippen LogP contribution in [0.3, 0.4) is 0 Å². The maximum atomic E-state index is 12.3. The number of anilines is 1. The van der Waals surface area contributed by atoms with E-state index in [0.29, 0.717) is 18.0 Å². The van der Waals surface area contributed by atoms with Crippen molar-refractivity contribution in [2.45, 2.75) is 47.5 Å². The second kappa shape index (κ2) is 6.55. The van der Waals surface area contributed by atoms with E-state index >= 15 is 0 Å². The number of fused-ring (bicyclic) bond motifs is 1. The minimum absolute atomic E-state index is 0.0180. The fraction of sp³-hybridized carbons (Fsp3) is 0.444. The number of carbonyl (C=O) groups is 1. The molecule has 1 amide bonds. The zero-order valence-corrected chi connectivity index (χ0v) is 16.3. The van der Waals surface area contributed by atoms with Gasteiger partial charge in [-0.2, -0.15) is 5.10 Å². The summed E-state index contributed by atoms with van der Waals surface area (Å²) in [6, 6.07) is 0. The number of hydrogen-bond donors (Lipinski definition) is 1. The van der Waals surface area contributed by atoms with E-state index in [9.17, 15) is 4.79 Å². The van der Waals surface area contributed by atoms with Gasteiger partial charge in [0.2, 0.25) is 5.91 Å². The predicted octanol–water partition coefficient (Wildman–Crippen LogP) is 3.54. The highest BCUT2D eigenvalue weighted by molar-refractivity contribution is 7.15. The Bertz CT molecular complexity index is 950. The predicted molar refractivity (Wildman–Crippen MR) is 101 cm³/mol. The average Bonchev–Trinajstić information content (AvgIpc) is 2.98. The molecular weight excluding hydrogens is 334 g/mol. The van der Waals surface area contributed by atoms with Crippen molar-refractivity contribution in [1.29, 1.82) is 0 Å². The highest BCUT2D eigenvalue weighted by Gasteiger charge is 2.16. The van der Waals surface area contributed by atoms with Gasteiger partial charge in [0.05, 0.1) is 11.4 Å². The van der Waals surface area contributed by atoms with E-state index in [0.717, 1.165) is 38.6 Å². The third kappa shape index (κ3) is 3.28. The number of amides is 1. The van der Waals surface area contributed by atoms with Crippen molar-refractivity contribution in [2.75, 3.05) is 5.32 Å². The molecule has 0 aliphatic heterocycles. The van der Waals surface area contributed by atoms with Gasteiger partial charge >= 0.3 is 0 Å². The van der Waals surface area contributed by atoms with Gasteiger partial charge < -0.3 is 5.32 Å². The number of nitrogens with one attached hydrogen (secondary N) is 1. The SMILES string of the molecule is Cc1nc(NC(=O)CCc2c(C)nc3c(c(C)nn3C)c2C)sc1C. The summed E-state index contributed by atoms with van der Waals surface area (Å²) in [4.78, 5) is 22.5. The first-order valence-electron chi connectivity index (χ1n) is 8.31. The molecule has 3 aromatic heterocycles. The Morgan fingerprint density at radius 3 is 2.44 bits per heavy atom. The van der Waals surface area contributed by atoms with Crippen LogP contribution in [0.25, 0.3) is 11.0 Å². The lowest BCUT2D eigenvalue weighted by Crippen LogP contribution is -2.13. The van der Waals surface area contributed by atoms with Gasteiger partial charge in [-0.15, -0.1) is 11.3 Å². The van der Waals surface area contributed by atoms with Crippen LogP contribution in [0, 0.1) is 34.6 Å². The standard InChI is InChI=1S/C18H23N5OS/c1-9-14(11(3)19-17-16(9)12(4)22-23(17)6)7-8-15(24)21-18-20-10(2)13(5)25-18/h7-8H2,1-6H3,(H,20,21,24).